The quantitative estimate of drug-likeness (QED) is 0.175. The molecule has 7 aromatic rings. The molecule has 54 heavy (non-hydrogen) atoms. The van der Waals surface area contributed by atoms with E-state index in [1.165, 1.54) is 11.1 Å². The van der Waals surface area contributed by atoms with Gasteiger partial charge in [-0.05, 0) is 94.6 Å². The Bertz CT molecular complexity index is 2620. The van der Waals surface area contributed by atoms with Crippen molar-refractivity contribution in [3.8, 4) is 56.3 Å². The molecule has 0 unspecified atom stereocenters. The Morgan fingerprint density at radius 1 is 0.741 bits per heavy atom. The molecule has 0 radical (unpaired) electrons. The molecule has 0 amide bonds. The Morgan fingerprint density at radius 2 is 1.43 bits per heavy atom. The topological polar surface area (TPSA) is 50.9 Å². The van der Waals surface area contributed by atoms with Crippen molar-refractivity contribution in [1.82, 2.24) is 14.5 Å². The first kappa shape index (κ1) is 33.8. The molecule has 0 fully saturated rings. The summed E-state index contributed by atoms with van der Waals surface area (Å²) in [6.45, 7) is 13.6. The number of phenols is 1. The smallest absolute Gasteiger partial charge is 0.148 e. The molecule has 0 bridgehead atoms. The molecule has 2 heterocycles. The van der Waals surface area contributed by atoms with Crippen LogP contribution >= 0.6 is 0 Å². The van der Waals surface area contributed by atoms with Crippen LogP contribution in [0, 0.1) is 12.9 Å². The second-order valence-electron chi connectivity index (χ2n) is 16.9. The number of hydrogen-bond donors (Lipinski definition) is 1. The van der Waals surface area contributed by atoms with E-state index in [1.54, 1.807) is 18.3 Å². The predicted molar refractivity (Wildman–Crippen MR) is 220 cm³/mol. The fourth-order valence-electron chi connectivity index (χ4n) is 7.82. The first-order chi connectivity index (χ1) is 26.4. The van der Waals surface area contributed by atoms with Crippen LogP contribution < -0.4 is 0 Å². The van der Waals surface area contributed by atoms with Crippen molar-refractivity contribution >= 4 is 11.0 Å². The third-order valence-electron chi connectivity index (χ3n) is 11.2. The summed E-state index contributed by atoms with van der Waals surface area (Å²) >= 11 is 0. The number of para-hydroxylation sites is 2. The number of hydrogen-bond acceptors (Lipinski definition) is 3. The fourth-order valence-corrected chi connectivity index (χ4v) is 7.82. The van der Waals surface area contributed by atoms with Crippen molar-refractivity contribution in [3.05, 3.63) is 144 Å². The average molecular weight is 893 g/mol. The summed E-state index contributed by atoms with van der Waals surface area (Å²) < 4.78 is 25.5. The number of aryl methyl sites for hydroxylation is 1. The molecule has 0 spiro atoms. The van der Waals surface area contributed by atoms with Gasteiger partial charge < -0.3 is 5.11 Å². The maximum absolute atomic E-state index is 11.9. The van der Waals surface area contributed by atoms with Gasteiger partial charge >= 0.3 is 0 Å². The molecule has 0 saturated carbocycles. The van der Waals surface area contributed by atoms with E-state index < -0.39 is 6.85 Å². The average Bonchev–Trinajstić information content (AvgIpc) is 3.56. The van der Waals surface area contributed by atoms with Crippen LogP contribution in [0.25, 0.3) is 61.6 Å². The van der Waals surface area contributed by atoms with Gasteiger partial charge in [-0.15, -0.1) is 29.3 Å². The molecule has 276 valence electrons. The zero-order chi connectivity index (χ0) is 39.8. The Labute approximate surface area is 338 Å². The van der Waals surface area contributed by atoms with Crippen LogP contribution in [0.1, 0.15) is 87.7 Å². The number of phenolic OH excluding ortho intramolecular Hbond substituents is 1. The SMILES string of the molecule is [2H]C([2H])([2H])c1ccc(-c2ccnc(-c3[c-]c(-c4cccc5c4nc(-c4cc6c(cc4O)C(C)(C)CCC6(C)C)n5-c4ccccc4)cc(C(C)(C)C)c3)c2)cc1.[Pt]. The van der Waals surface area contributed by atoms with Crippen molar-refractivity contribution in [3.63, 3.8) is 0 Å². The third kappa shape index (κ3) is 6.75. The number of aromatic hydroxyl groups is 1. The molecule has 0 aliphatic heterocycles. The Morgan fingerprint density at radius 3 is 2.11 bits per heavy atom. The number of rotatable bonds is 5. The van der Waals surface area contributed by atoms with Crippen LogP contribution in [-0.2, 0) is 37.3 Å². The maximum atomic E-state index is 11.9. The first-order valence-electron chi connectivity index (χ1n) is 20.0. The number of nitrogens with zero attached hydrogens (tertiary/aromatic N) is 3. The van der Waals surface area contributed by atoms with E-state index in [0.29, 0.717) is 17.0 Å². The number of pyridine rings is 1. The van der Waals surface area contributed by atoms with Crippen LogP contribution in [0.4, 0.5) is 0 Å². The standard InChI is InChI=1S/C49H48N3O.Pt/c1-31-17-19-32(20-18-31)33-21-24-50-42(28-33)35-25-34(26-36(27-35)47(2,3)4)38-15-12-16-43-45(38)51-46(52(43)37-13-10-9-11-14-37)39-29-40-41(30-44(39)53)49(7,8)23-22-48(40,5)6;/h9-21,24,26-30,53H,22-23H2,1-8H3;/q-1;/i1D3;. The second kappa shape index (κ2) is 13.8. The summed E-state index contributed by atoms with van der Waals surface area (Å²) in [5, 5.41) is 11.9. The first-order valence-corrected chi connectivity index (χ1v) is 18.5. The van der Waals surface area contributed by atoms with Crippen LogP contribution in [0.2, 0.25) is 0 Å². The molecule has 1 N–H and O–H groups in total. The predicted octanol–water partition coefficient (Wildman–Crippen LogP) is 12.5. The van der Waals surface area contributed by atoms with Crippen LogP contribution in [0.5, 0.6) is 5.75 Å². The zero-order valence-corrected chi connectivity index (χ0v) is 34.3. The normalized spacial score (nSPS) is 15.8. The third-order valence-corrected chi connectivity index (χ3v) is 11.2. The largest absolute Gasteiger partial charge is 0.507 e. The van der Waals surface area contributed by atoms with Crippen molar-refractivity contribution in [2.24, 2.45) is 0 Å². The van der Waals surface area contributed by atoms with Gasteiger partial charge in [-0.1, -0.05) is 126 Å². The van der Waals surface area contributed by atoms with E-state index in [9.17, 15) is 5.11 Å². The molecule has 4 nitrogen and oxygen atoms in total. The monoisotopic (exact) mass is 892 g/mol. The molecular weight excluding hydrogens is 842 g/mol. The molecule has 0 saturated heterocycles. The van der Waals surface area contributed by atoms with E-state index in [-0.39, 0.29) is 43.1 Å². The zero-order valence-electron chi connectivity index (χ0n) is 35.0. The van der Waals surface area contributed by atoms with Gasteiger partial charge in [0.2, 0.25) is 0 Å². The number of aromatic nitrogens is 3. The van der Waals surface area contributed by atoms with Crippen LogP contribution in [-0.4, -0.2) is 19.6 Å². The van der Waals surface area contributed by atoms with Gasteiger partial charge in [-0.25, -0.2) is 4.98 Å². The minimum atomic E-state index is -2.16. The molecule has 2 aromatic heterocycles. The van der Waals surface area contributed by atoms with Crippen molar-refractivity contribution in [2.45, 2.75) is 84.4 Å². The Hall–Kier alpha value is -4.79. The summed E-state index contributed by atoms with van der Waals surface area (Å²) in [6, 6.07) is 39.8. The van der Waals surface area contributed by atoms with Gasteiger partial charge in [0, 0.05) is 42.8 Å². The minimum Gasteiger partial charge on any atom is -0.507 e. The van der Waals surface area contributed by atoms with Gasteiger partial charge in [-0.3, -0.25) is 9.55 Å². The summed E-state index contributed by atoms with van der Waals surface area (Å²) in [5.41, 5.74) is 12.3. The van der Waals surface area contributed by atoms with Crippen LogP contribution in [0.15, 0.2) is 115 Å². The molecular formula is C49H48N3OPt-. The van der Waals surface area contributed by atoms with Crippen molar-refractivity contribution in [1.29, 1.82) is 0 Å². The summed E-state index contributed by atoms with van der Waals surface area (Å²) in [7, 11) is 0. The fraction of sp³-hybridized carbons (Fsp3) is 0.265. The van der Waals surface area contributed by atoms with E-state index >= 15 is 0 Å². The Balaban J connectivity index is 0.00000496. The van der Waals surface area contributed by atoms with Gasteiger partial charge in [0.25, 0.3) is 0 Å². The van der Waals surface area contributed by atoms with Crippen molar-refractivity contribution < 1.29 is 30.3 Å². The number of benzene rings is 5. The van der Waals surface area contributed by atoms with Crippen molar-refractivity contribution in [2.75, 3.05) is 0 Å². The van der Waals surface area contributed by atoms with Gasteiger partial charge in [0.15, 0.2) is 0 Å². The molecule has 1 aliphatic carbocycles. The van der Waals surface area contributed by atoms with E-state index in [1.807, 2.05) is 48.5 Å². The summed E-state index contributed by atoms with van der Waals surface area (Å²) in [6.07, 6.45) is 3.92. The van der Waals surface area contributed by atoms with Gasteiger partial charge in [-0.2, -0.15) is 0 Å². The number of fused-ring (bicyclic) bond motifs is 2. The molecule has 0 atom stereocenters. The Kier molecular flexibility index (Phi) is 8.63. The van der Waals surface area contributed by atoms with Gasteiger partial charge in [0.05, 0.1) is 16.6 Å². The van der Waals surface area contributed by atoms with Crippen LogP contribution in [0.3, 0.4) is 0 Å². The molecule has 5 heteroatoms. The second-order valence-corrected chi connectivity index (χ2v) is 16.9. The maximum Gasteiger partial charge on any atom is 0.148 e. The summed E-state index contributed by atoms with van der Waals surface area (Å²) in [4.78, 5) is 10.2. The van der Waals surface area contributed by atoms with E-state index in [2.05, 4.69) is 108 Å². The summed E-state index contributed by atoms with van der Waals surface area (Å²) in [5.74, 6) is 0.912. The van der Waals surface area contributed by atoms with Gasteiger partial charge in [0.1, 0.15) is 11.6 Å². The van der Waals surface area contributed by atoms with E-state index in [0.717, 1.165) is 68.6 Å². The minimum absolute atomic E-state index is 0. The number of imidazole rings is 1. The molecule has 5 aromatic carbocycles. The molecule has 8 rings (SSSR count). The van der Waals surface area contributed by atoms with E-state index in [4.69, 9.17) is 14.1 Å². The molecule has 1 aliphatic rings.